The Morgan fingerprint density at radius 2 is 2.13 bits per heavy atom. The molecule has 126 valence electrons. The van der Waals surface area contributed by atoms with Crippen LogP contribution in [0.2, 0.25) is 0 Å². The standard InChI is InChI=1S/C18H25FN2O2/c19-16(17-8-4-5-11-20-17)10-9-15-13-21(18(22)23-15)12-14-6-2-1-3-7-14/h4-5,8,11,14-16H,1-3,6-7,9-10,12-13H2/t15?,16-/m0/s1. The normalized spacial score (nSPS) is 23.8. The number of hydrogen-bond donors (Lipinski definition) is 0. The number of amides is 1. The molecule has 2 fully saturated rings. The molecule has 2 atom stereocenters. The first-order chi connectivity index (χ1) is 11.2. The molecule has 0 N–H and O–H groups in total. The third kappa shape index (κ3) is 4.43. The van der Waals surface area contributed by atoms with Crippen LogP contribution >= 0.6 is 0 Å². The third-order valence-electron chi connectivity index (χ3n) is 4.90. The van der Waals surface area contributed by atoms with Crippen LogP contribution in [0.15, 0.2) is 24.4 Å². The maximum absolute atomic E-state index is 14.1. The van der Waals surface area contributed by atoms with Crippen molar-refractivity contribution in [2.24, 2.45) is 5.92 Å². The van der Waals surface area contributed by atoms with Crippen molar-refractivity contribution in [3.63, 3.8) is 0 Å². The molecule has 2 heterocycles. The molecular formula is C18H25FN2O2. The lowest BCUT2D eigenvalue weighted by atomic mass is 9.89. The highest BCUT2D eigenvalue weighted by Crippen LogP contribution is 2.28. The first-order valence-electron chi connectivity index (χ1n) is 8.73. The van der Waals surface area contributed by atoms with Crippen LogP contribution in [-0.2, 0) is 4.74 Å². The molecule has 1 aliphatic carbocycles. The minimum Gasteiger partial charge on any atom is -0.444 e. The lowest BCUT2D eigenvalue weighted by Gasteiger charge is -2.25. The zero-order chi connectivity index (χ0) is 16.1. The lowest BCUT2D eigenvalue weighted by molar-refractivity contribution is 0.121. The number of halogens is 1. The molecule has 0 aromatic carbocycles. The zero-order valence-electron chi connectivity index (χ0n) is 13.5. The highest BCUT2D eigenvalue weighted by Gasteiger charge is 2.33. The minimum absolute atomic E-state index is 0.187. The van der Waals surface area contributed by atoms with Crippen molar-refractivity contribution in [1.82, 2.24) is 9.88 Å². The molecule has 4 nitrogen and oxygen atoms in total. The van der Waals surface area contributed by atoms with Gasteiger partial charge in [-0.3, -0.25) is 4.98 Å². The monoisotopic (exact) mass is 320 g/mol. The van der Waals surface area contributed by atoms with Crippen LogP contribution in [0.4, 0.5) is 9.18 Å². The SMILES string of the molecule is O=C1OC(CC[C@H](F)c2ccccn2)CN1CC1CCCCC1. The Balaban J connectivity index is 1.44. The van der Waals surface area contributed by atoms with Crippen LogP contribution in [0.25, 0.3) is 0 Å². The quantitative estimate of drug-likeness (QED) is 0.786. The number of cyclic esters (lactones) is 1. The average molecular weight is 320 g/mol. The highest BCUT2D eigenvalue weighted by molar-refractivity contribution is 5.69. The predicted octanol–water partition coefficient (Wildman–Crippen LogP) is 4.27. The zero-order valence-corrected chi connectivity index (χ0v) is 13.5. The first kappa shape index (κ1) is 16.2. The maximum atomic E-state index is 14.1. The second kappa shape index (κ2) is 7.75. The van der Waals surface area contributed by atoms with Crippen molar-refractivity contribution in [3.8, 4) is 0 Å². The Morgan fingerprint density at radius 1 is 1.30 bits per heavy atom. The van der Waals surface area contributed by atoms with E-state index in [2.05, 4.69) is 4.98 Å². The summed E-state index contributed by atoms with van der Waals surface area (Å²) >= 11 is 0. The summed E-state index contributed by atoms with van der Waals surface area (Å²) in [6.45, 7) is 1.40. The van der Waals surface area contributed by atoms with E-state index < -0.39 is 6.17 Å². The molecular weight excluding hydrogens is 295 g/mol. The van der Waals surface area contributed by atoms with Gasteiger partial charge in [-0.05, 0) is 43.7 Å². The highest BCUT2D eigenvalue weighted by atomic mass is 19.1. The van der Waals surface area contributed by atoms with Crippen LogP contribution in [0.1, 0.15) is 56.8 Å². The third-order valence-corrected chi connectivity index (χ3v) is 4.90. The fourth-order valence-corrected chi connectivity index (χ4v) is 3.60. The molecule has 1 aliphatic heterocycles. The van der Waals surface area contributed by atoms with E-state index in [1.807, 2.05) is 4.90 Å². The molecule has 0 radical (unpaired) electrons. The Kier molecular flexibility index (Phi) is 5.47. The van der Waals surface area contributed by atoms with E-state index in [9.17, 15) is 9.18 Å². The summed E-state index contributed by atoms with van der Waals surface area (Å²) in [6, 6.07) is 5.26. The van der Waals surface area contributed by atoms with Gasteiger partial charge in [0.1, 0.15) is 12.3 Å². The number of hydrogen-bond acceptors (Lipinski definition) is 3. The van der Waals surface area contributed by atoms with E-state index in [1.54, 1.807) is 24.4 Å². The molecule has 0 bridgehead atoms. The summed E-state index contributed by atoms with van der Waals surface area (Å²) in [7, 11) is 0. The Labute approximate surface area is 137 Å². The first-order valence-corrected chi connectivity index (χ1v) is 8.73. The molecule has 1 aromatic rings. The van der Waals surface area contributed by atoms with Gasteiger partial charge in [-0.1, -0.05) is 25.3 Å². The van der Waals surface area contributed by atoms with Gasteiger partial charge in [0.15, 0.2) is 0 Å². The van der Waals surface area contributed by atoms with Crippen LogP contribution in [0.3, 0.4) is 0 Å². The number of carbonyl (C=O) groups is 1. The van der Waals surface area contributed by atoms with Gasteiger partial charge < -0.3 is 9.64 Å². The largest absolute Gasteiger partial charge is 0.444 e. The number of aromatic nitrogens is 1. The number of ether oxygens (including phenoxy) is 1. The number of pyridine rings is 1. The molecule has 23 heavy (non-hydrogen) atoms. The van der Waals surface area contributed by atoms with Crippen LogP contribution in [-0.4, -0.2) is 35.2 Å². The van der Waals surface area contributed by atoms with Crippen LogP contribution in [0, 0.1) is 5.92 Å². The van der Waals surface area contributed by atoms with Crippen LogP contribution in [0.5, 0.6) is 0 Å². The van der Waals surface area contributed by atoms with Gasteiger partial charge >= 0.3 is 6.09 Å². The molecule has 5 heteroatoms. The second-order valence-corrected chi connectivity index (χ2v) is 6.71. The maximum Gasteiger partial charge on any atom is 0.410 e. The van der Waals surface area contributed by atoms with E-state index >= 15 is 0 Å². The van der Waals surface area contributed by atoms with E-state index in [0.29, 0.717) is 31.0 Å². The molecule has 1 saturated heterocycles. The van der Waals surface area contributed by atoms with Gasteiger partial charge in [0.2, 0.25) is 0 Å². The Bertz CT molecular complexity index is 505. The van der Waals surface area contributed by atoms with E-state index in [-0.39, 0.29) is 12.2 Å². The average Bonchev–Trinajstić information content (AvgIpc) is 2.94. The fourth-order valence-electron chi connectivity index (χ4n) is 3.60. The number of nitrogens with zero attached hydrogens (tertiary/aromatic N) is 2. The van der Waals surface area contributed by atoms with E-state index in [4.69, 9.17) is 4.74 Å². The van der Waals surface area contributed by atoms with Crippen molar-refractivity contribution < 1.29 is 13.9 Å². The molecule has 1 unspecified atom stereocenters. The summed E-state index contributed by atoms with van der Waals surface area (Å²) in [5, 5.41) is 0. The van der Waals surface area contributed by atoms with E-state index in [1.165, 1.54) is 32.1 Å². The number of alkyl halides is 1. The smallest absolute Gasteiger partial charge is 0.410 e. The fraction of sp³-hybridized carbons (Fsp3) is 0.667. The summed E-state index contributed by atoms with van der Waals surface area (Å²) in [6.07, 6.45) is 7.25. The summed E-state index contributed by atoms with van der Waals surface area (Å²) in [4.78, 5) is 17.8. The van der Waals surface area contributed by atoms with Crippen molar-refractivity contribution in [1.29, 1.82) is 0 Å². The summed E-state index contributed by atoms with van der Waals surface area (Å²) < 4.78 is 19.5. The van der Waals surface area contributed by atoms with Gasteiger partial charge in [-0.2, -0.15) is 0 Å². The van der Waals surface area contributed by atoms with Gasteiger partial charge in [0, 0.05) is 12.7 Å². The van der Waals surface area contributed by atoms with Gasteiger partial charge in [0.25, 0.3) is 0 Å². The Morgan fingerprint density at radius 3 is 2.87 bits per heavy atom. The molecule has 0 spiro atoms. The minimum atomic E-state index is -1.10. The van der Waals surface area contributed by atoms with Crippen LogP contribution < -0.4 is 0 Å². The predicted molar refractivity (Wildman–Crippen MR) is 85.7 cm³/mol. The topological polar surface area (TPSA) is 42.4 Å². The second-order valence-electron chi connectivity index (χ2n) is 6.71. The Hall–Kier alpha value is -1.65. The lowest BCUT2D eigenvalue weighted by Crippen LogP contribution is -2.31. The van der Waals surface area contributed by atoms with Crippen molar-refractivity contribution in [2.45, 2.75) is 57.2 Å². The summed E-state index contributed by atoms with van der Waals surface area (Å²) in [5.41, 5.74) is 0.455. The van der Waals surface area contributed by atoms with Crippen molar-refractivity contribution in [3.05, 3.63) is 30.1 Å². The van der Waals surface area contributed by atoms with E-state index in [0.717, 1.165) is 6.54 Å². The molecule has 1 saturated carbocycles. The van der Waals surface area contributed by atoms with Gasteiger partial charge in [-0.25, -0.2) is 9.18 Å². The van der Waals surface area contributed by atoms with Crippen molar-refractivity contribution in [2.75, 3.05) is 13.1 Å². The van der Waals surface area contributed by atoms with Gasteiger partial charge in [-0.15, -0.1) is 0 Å². The molecule has 1 amide bonds. The number of rotatable bonds is 6. The molecule has 1 aromatic heterocycles. The molecule has 3 rings (SSSR count). The number of carbonyl (C=O) groups excluding carboxylic acids is 1. The molecule has 2 aliphatic rings. The summed E-state index contributed by atoms with van der Waals surface area (Å²) in [5.74, 6) is 0.609. The van der Waals surface area contributed by atoms with Gasteiger partial charge in [0.05, 0.1) is 12.2 Å². The van der Waals surface area contributed by atoms with Crippen molar-refractivity contribution >= 4 is 6.09 Å².